The summed E-state index contributed by atoms with van der Waals surface area (Å²) < 4.78 is 0. The van der Waals surface area contributed by atoms with Crippen LogP contribution >= 0.6 is 0 Å². The molecular weight excluding hydrogens is 328 g/mol. The van der Waals surface area contributed by atoms with Gasteiger partial charge in [0.2, 0.25) is 5.79 Å². The molecule has 0 bridgehead atoms. The number of hydrogen-bond acceptors (Lipinski definition) is 4. The molecule has 1 saturated carbocycles. The Balaban J connectivity index is 3.20. The van der Waals surface area contributed by atoms with Crippen LogP contribution in [0.5, 0.6) is 0 Å². The predicted molar refractivity (Wildman–Crippen MR) is 106 cm³/mol. The van der Waals surface area contributed by atoms with Gasteiger partial charge >= 0.3 is 0 Å². The normalized spacial score (nSPS) is 25.4. The fourth-order valence-corrected chi connectivity index (χ4v) is 3.54. The first kappa shape index (κ1) is 23.9. The molecule has 1 aliphatic carbocycles. The molecule has 2 atom stereocenters. The van der Waals surface area contributed by atoms with Gasteiger partial charge < -0.3 is 0 Å². The SMILES string of the molecule is CC(C)(C)OOC1(OOC(C)(C)C)CCC(C(C)(C)C)CC1C(C)(C)C. The van der Waals surface area contributed by atoms with E-state index in [4.69, 9.17) is 19.6 Å². The van der Waals surface area contributed by atoms with E-state index in [1.165, 1.54) is 0 Å². The third-order valence-electron chi connectivity index (χ3n) is 5.03. The topological polar surface area (TPSA) is 36.9 Å². The fourth-order valence-electron chi connectivity index (χ4n) is 3.54. The van der Waals surface area contributed by atoms with Crippen molar-refractivity contribution in [3.05, 3.63) is 0 Å². The number of rotatable bonds is 4. The van der Waals surface area contributed by atoms with Crippen molar-refractivity contribution in [2.75, 3.05) is 0 Å². The van der Waals surface area contributed by atoms with E-state index in [1.54, 1.807) is 0 Å². The molecule has 4 nitrogen and oxygen atoms in total. The molecule has 0 N–H and O–H groups in total. The van der Waals surface area contributed by atoms with Crippen molar-refractivity contribution < 1.29 is 19.6 Å². The Morgan fingerprint density at radius 3 is 1.38 bits per heavy atom. The van der Waals surface area contributed by atoms with Gasteiger partial charge in [0.15, 0.2) is 0 Å². The molecular formula is C22H44O4. The first-order valence-corrected chi connectivity index (χ1v) is 10.1. The molecule has 1 fully saturated rings. The number of hydrogen-bond donors (Lipinski definition) is 0. The Hall–Kier alpha value is -0.160. The first-order valence-electron chi connectivity index (χ1n) is 10.1. The maximum atomic E-state index is 6.08. The summed E-state index contributed by atoms with van der Waals surface area (Å²) in [6.45, 7) is 25.6. The molecule has 1 aliphatic rings. The minimum atomic E-state index is -0.902. The van der Waals surface area contributed by atoms with E-state index < -0.39 is 17.0 Å². The second-order valence-corrected chi connectivity index (χ2v) is 12.1. The van der Waals surface area contributed by atoms with E-state index in [9.17, 15) is 0 Å². The molecule has 0 radical (unpaired) electrons. The van der Waals surface area contributed by atoms with Gasteiger partial charge in [-0.05, 0) is 71.1 Å². The van der Waals surface area contributed by atoms with Crippen LogP contribution in [0.25, 0.3) is 0 Å². The molecule has 0 saturated heterocycles. The van der Waals surface area contributed by atoms with Gasteiger partial charge in [0, 0.05) is 12.3 Å². The molecule has 4 heteroatoms. The fraction of sp³-hybridized carbons (Fsp3) is 1.00. The van der Waals surface area contributed by atoms with Crippen molar-refractivity contribution in [3.8, 4) is 0 Å². The molecule has 0 aromatic heterocycles. The summed E-state index contributed by atoms with van der Waals surface area (Å²) in [6, 6.07) is 0. The zero-order chi connectivity index (χ0) is 20.6. The van der Waals surface area contributed by atoms with E-state index in [0.29, 0.717) is 5.92 Å². The van der Waals surface area contributed by atoms with E-state index >= 15 is 0 Å². The highest BCUT2D eigenvalue weighted by Gasteiger charge is 2.55. The van der Waals surface area contributed by atoms with Crippen molar-refractivity contribution in [3.63, 3.8) is 0 Å². The van der Waals surface area contributed by atoms with Crippen molar-refractivity contribution in [1.82, 2.24) is 0 Å². The van der Waals surface area contributed by atoms with Crippen molar-refractivity contribution in [2.45, 2.75) is 119 Å². The maximum absolute atomic E-state index is 6.08. The smallest absolute Gasteiger partial charge is 0.228 e. The summed E-state index contributed by atoms with van der Waals surface area (Å²) >= 11 is 0. The van der Waals surface area contributed by atoms with Crippen molar-refractivity contribution in [2.24, 2.45) is 22.7 Å². The van der Waals surface area contributed by atoms with Gasteiger partial charge in [-0.2, -0.15) is 9.78 Å². The molecule has 0 heterocycles. The van der Waals surface area contributed by atoms with E-state index in [0.717, 1.165) is 19.3 Å². The highest BCUT2D eigenvalue weighted by Crippen LogP contribution is 2.53. The molecule has 0 spiro atoms. The Bertz CT molecular complexity index is 425. The summed E-state index contributed by atoms with van der Waals surface area (Å²) in [6.07, 6.45) is 2.80. The second-order valence-electron chi connectivity index (χ2n) is 12.1. The third kappa shape index (κ3) is 7.10. The highest BCUT2D eigenvalue weighted by molar-refractivity contribution is 4.95. The predicted octanol–water partition coefficient (Wildman–Crippen LogP) is 6.68. The van der Waals surface area contributed by atoms with Crippen LogP contribution < -0.4 is 0 Å². The molecule has 26 heavy (non-hydrogen) atoms. The second kappa shape index (κ2) is 7.69. The summed E-state index contributed by atoms with van der Waals surface area (Å²) in [5.41, 5.74) is -0.583. The molecule has 2 unspecified atom stereocenters. The molecule has 0 amide bonds. The molecule has 1 rings (SSSR count). The van der Waals surface area contributed by atoms with Gasteiger partial charge in [0.25, 0.3) is 0 Å². The minimum Gasteiger partial charge on any atom is -0.228 e. The maximum Gasteiger partial charge on any atom is 0.237 e. The first-order chi connectivity index (χ1) is 11.4. The van der Waals surface area contributed by atoms with E-state index in [-0.39, 0.29) is 16.7 Å². The summed E-state index contributed by atoms with van der Waals surface area (Å²) in [7, 11) is 0. The Morgan fingerprint density at radius 1 is 0.654 bits per heavy atom. The molecule has 156 valence electrons. The highest BCUT2D eigenvalue weighted by atomic mass is 17.3. The monoisotopic (exact) mass is 372 g/mol. The van der Waals surface area contributed by atoms with Gasteiger partial charge in [-0.15, -0.1) is 0 Å². The van der Waals surface area contributed by atoms with E-state index in [2.05, 4.69) is 41.5 Å². The van der Waals surface area contributed by atoms with Gasteiger partial charge in [-0.25, -0.2) is 9.78 Å². The zero-order valence-corrected chi connectivity index (χ0v) is 19.4. The molecule has 0 aromatic rings. The van der Waals surface area contributed by atoms with E-state index in [1.807, 2.05) is 41.5 Å². The summed E-state index contributed by atoms with van der Waals surface area (Å²) in [4.78, 5) is 23.7. The van der Waals surface area contributed by atoms with Crippen LogP contribution in [0.3, 0.4) is 0 Å². The van der Waals surface area contributed by atoms with Gasteiger partial charge in [-0.1, -0.05) is 41.5 Å². The van der Waals surface area contributed by atoms with Crippen LogP contribution in [0.2, 0.25) is 0 Å². The Labute approximate surface area is 162 Å². The molecule has 0 aromatic carbocycles. The van der Waals surface area contributed by atoms with Crippen molar-refractivity contribution >= 4 is 0 Å². The van der Waals surface area contributed by atoms with Gasteiger partial charge in [0.05, 0.1) is 11.2 Å². The third-order valence-corrected chi connectivity index (χ3v) is 5.03. The van der Waals surface area contributed by atoms with Crippen molar-refractivity contribution in [1.29, 1.82) is 0 Å². The Kier molecular flexibility index (Phi) is 7.06. The zero-order valence-electron chi connectivity index (χ0n) is 19.4. The van der Waals surface area contributed by atoms with Crippen LogP contribution in [-0.4, -0.2) is 17.0 Å². The largest absolute Gasteiger partial charge is 0.237 e. The summed E-state index contributed by atoms with van der Waals surface area (Å²) in [5, 5.41) is 0. The standard InChI is InChI=1S/C22H44O4/c1-18(2,3)16-13-14-22(25-23-20(7,8)9,26-24-21(10,11)12)17(15-16)19(4,5)6/h16-17H,13-15H2,1-12H3. The van der Waals surface area contributed by atoms with Gasteiger partial charge in [-0.3, -0.25) is 0 Å². The quantitative estimate of drug-likeness (QED) is 0.313. The average molecular weight is 373 g/mol. The van der Waals surface area contributed by atoms with Gasteiger partial charge in [0.1, 0.15) is 0 Å². The average Bonchev–Trinajstić information content (AvgIpc) is 2.39. The van der Waals surface area contributed by atoms with Crippen LogP contribution in [0.1, 0.15) is 102 Å². The summed E-state index contributed by atoms with van der Waals surface area (Å²) in [5.74, 6) is -0.144. The van der Waals surface area contributed by atoms with Crippen LogP contribution in [0, 0.1) is 22.7 Å². The van der Waals surface area contributed by atoms with Crippen LogP contribution in [0.4, 0.5) is 0 Å². The van der Waals surface area contributed by atoms with Crippen LogP contribution in [0.15, 0.2) is 0 Å². The minimum absolute atomic E-state index is 0.00753. The lowest BCUT2D eigenvalue weighted by Gasteiger charge is -2.52. The van der Waals surface area contributed by atoms with Crippen LogP contribution in [-0.2, 0) is 19.6 Å². The lowest BCUT2D eigenvalue weighted by Crippen LogP contribution is -2.55. The Morgan fingerprint density at radius 2 is 1.08 bits per heavy atom. The lowest BCUT2D eigenvalue weighted by molar-refractivity contribution is -0.561. The lowest BCUT2D eigenvalue weighted by atomic mass is 9.61. The molecule has 0 aliphatic heterocycles.